The fraction of sp³-hybridized carbons (Fsp3) is 0.286. The molecule has 0 saturated carbocycles. The summed E-state index contributed by atoms with van der Waals surface area (Å²) < 4.78 is 0. The largest absolute Gasteiger partial charge is 0.341 e. The topological polar surface area (TPSA) is 29.0 Å². The first-order valence-corrected chi connectivity index (χ1v) is 6.07. The zero-order valence-corrected chi connectivity index (χ0v) is 9.71. The number of hydrogen-bond donors (Lipinski definition) is 0. The van der Waals surface area contributed by atoms with Crippen LogP contribution >= 0.6 is 0 Å². The second kappa shape index (κ2) is 4.53. The van der Waals surface area contributed by atoms with Crippen LogP contribution in [0.1, 0.15) is 12.8 Å². The molecule has 3 heteroatoms. The van der Waals surface area contributed by atoms with Crippen molar-refractivity contribution in [2.24, 2.45) is 0 Å². The Hall–Kier alpha value is -1.90. The van der Waals surface area contributed by atoms with Gasteiger partial charge in [-0.2, -0.15) is 0 Å². The van der Waals surface area contributed by atoms with Crippen LogP contribution in [-0.2, 0) is 0 Å². The van der Waals surface area contributed by atoms with Gasteiger partial charge in [-0.1, -0.05) is 30.3 Å². The maximum Gasteiger partial charge on any atom is 0.225 e. The molecule has 1 aromatic carbocycles. The molecule has 1 saturated heterocycles. The summed E-state index contributed by atoms with van der Waals surface area (Å²) in [5.41, 5.74) is 2.15. The Labute approximate surface area is 101 Å². The van der Waals surface area contributed by atoms with E-state index in [1.165, 1.54) is 12.8 Å². The highest BCUT2D eigenvalue weighted by molar-refractivity contribution is 5.59. The summed E-state index contributed by atoms with van der Waals surface area (Å²) in [5, 5.41) is 0. The second-order valence-corrected chi connectivity index (χ2v) is 4.30. The molecule has 1 aliphatic heterocycles. The number of benzene rings is 1. The van der Waals surface area contributed by atoms with Crippen LogP contribution in [0.25, 0.3) is 11.3 Å². The Morgan fingerprint density at radius 2 is 1.71 bits per heavy atom. The summed E-state index contributed by atoms with van der Waals surface area (Å²) in [4.78, 5) is 11.3. The molecule has 1 aromatic heterocycles. The minimum absolute atomic E-state index is 0.865. The van der Waals surface area contributed by atoms with E-state index in [2.05, 4.69) is 27.0 Å². The molecular weight excluding hydrogens is 210 g/mol. The Kier molecular flexibility index (Phi) is 2.74. The van der Waals surface area contributed by atoms with E-state index in [-0.39, 0.29) is 0 Å². The van der Waals surface area contributed by atoms with E-state index in [1.54, 1.807) is 0 Å². The van der Waals surface area contributed by atoms with E-state index in [0.29, 0.717) is 0 Å². The minimum Gasteiger partial charge on any atom is -0.341 e. The maximum atomic E-state index is 4.64. The molecule has 3 nitrogen and oxygen atoms in total. The fourth-order valence-corrected chi connectivity index (χ4v) is 2.19. The molecular formula is C14H15N3. The van der Waals surface area contributed by atoms with Gasteiger partial charge in [0, 0.05) is 24.8 Å². The minimum atomic E-state index is 0.865. The van der Waals surface area contributed by atoms with Gasteiger partial charge in [-0.15, -0.1) is 0 Å². The molecule has 3 rings (SSSR count). The van der Waals surface area contributed by atoms with Crippen LogP contribution < -0.4 is 4.90 Å². The van der Waals surface area contributed by atoms with E-state index in [0.717, 1.165) is 30.3 Å². The molecule has 0 bridgehead atoms. The lowest BCUT2D eigenvalue weighted by Crippen LogP contribution is -2.20. The van der Waals surface area contributed by atoms with E-state index in [4.69, 9.17) is 0 Å². The monoisotopic (exact) mass is 225 g/mol. The number of aromatic nitrogens is 2. The van der Waals surface area contributed by atoms with E-state index in [9.17, 15) is 0 Å². The normalized spacial score (nSPS) is 15.2. The second-order valence-electron chi connectivity index (χ2n) is 4.30. The van der Waals surface area contributed by atoms with Gasteiger partial charge in [0.05, 0.1) is 5.69 Å². The van der Waals surface area contributed by atoms with Gasteiger partial charge < -0.3 is 4.90 Å². The van der Waals surface area contributed by atoms with Crippen molar-refractivity contribution in [1.29, 1.82) is 0 Å². The Morgan fingerprint density at radius 1 is 0.941 bits per heavy atom. The molecule has 0 atom stereocenters. The molecule has 86 valence electrons. The quantitative estimate of drug-likeness (QED) is 0.787. The molecule has 1 aliphatic rings. The summed E-state index contributed by atoms with van der Waals surface area (Å²) in [5.74, 6) is 0.865. The number of nitrogens with zero attached hydrogens (tertiary/aromatic N) is 3. The summed E-state index contributed by atoms with van der Waals surface area (Å²) in [6, 6.07) is 12.2. The van der Waals surface area contributed by atoms with Crippen LogP contribution in [0.2, 0.25) is 0 Å². The van der Waals surface area contributed by atoms with Crippen LogP contribution in [-0.4, -0.2) is 23.1 Å². The van der Waals surface area contributed by atoms with E-state index >= 15 is 0 Å². The van der Waals surface area contributed by atoms with E-state index < -0.39 is 0 Å². The smallest absolute Gasteiger partial charge is 0.225 e. The molecule has 2 aromatic rings. The van der Waals surface area contributed by atoms with Crippen LogP contribution in [0, 0.1) is 0 Å². The van der Waals surface area contributed by atoms with Crippen LogP contribution in [0.4, 0.5) is 5.95 Å². The van der Waals surface area contributed by atoms with Crippen molar-refractivity contribution >= 4 is 5.95 Å². The van der Waals surface area contributed by atoms with Crippen LogP contribution in [0.15, 0.2) is 42.6 Å². The Bertz CT molecular complexity index is 490. The lowest BCUT2D eigenvalue weighted by atomic mass is 10.1. The van der Waals surface area contributed by atoms with Crippen molar-refractivity contribution < 1.29 is 0 Å². The zero-order valence-electron chi connectivity index (χ0n) is 9.71. The van der Waals surface area contributed by atoms with Crippen molar-refractivity contribution in [2.45, 2.75) is 12.8 Å². The predicted octanol–water partition coefficient (Wildman–Crippen LogP) is 2.74. The third-order valence-electron chi connectivity index (χ3n) is 3.10. The molecule has 2 heterocycles. The van der Waals surface area contributed by atoms with Crippen LogP contribution in [0.5, 0.6) is 0 Å². The van der Waals surface area contributed by atoms with Crippen molar-refractivity contribution in [1.82, 2.24) is 9.97 Å². The van der Waals surface area contributed by atoms with Gasteiger partial charge in [-0.3, -0.25) is 0 Å². The van der Waals surface area contributed by atoms with Gasteiger partial charge in [0.15, 0.2) is 0 Å². The zero-order chi connectivity index (χ0) is 11.5. The lowest BCUT2D eigenvalue weighted by molar-refractivity contribution is 0.900. The summed E-state index contributed by atoms with van der Waals surface area (Å²) in [6.07, 6.45) is 4.35. The molecule has 0 unspecified atom stereocenters. The van der Waals surface area contributed by atoms with Crippen LogP contribution in [0.3, 0.4) is 0 Å². The SMILES string of the molecule is c1ccc(-c2ccnc(N3CCCC3)n2)cc1. The number of anilines is 1. The average Bonchev–Trinajstić information content (AvgIpc) is 2.94. The van der Waals surface area contributed by atoms with Gasteiger partial charge in [0.25, 0.3) is 0 Å². The molecule has 1 fully saturated rings. The van der Waals surface area contributed by atoms with Gasteiger partial charge in [0.1, 0.15) is 0 Å². The lowest BCUT2D eigenvalue weighted by Gasteiger charge is -2.15. The summed E-state index contributed by atoms with van der Waals surface area (Å²) in [6.45, 7) is 2.16. The predicted molar refractivity (Wildman–Crippen MR) is 68.9 cm³/mol. The van der Waals surface area contributed by atoms with Crippen molar-refractivity contribution in [3.05, 3.63) is 42.6 Å². The standard InChI is InChI=1S/C14H15N3/c1-2-6-12(7-3-1)13-8-9-15-14(16-13)17-10-4-5-11-17/h1-3,6-9H,4-5,10-11H2. The van der Waals surface area contributed by atoms with Crippen molar-refractivity contribution in [3.63, 3.8) is 0 Å². The van der Waals surface area contributed by atoms with Crippen molar-refractivity contribution in [3.8, 4) is 11.3 Å². The highest BCUT2D eigenvalue weighted by Gasteiger charge is 2.15. The van der Waals surface area contributed by atoms with Gasteiger partial charge in [-0.25, -0.2) is 9.97 Å². The highest BCUT2D eigenvalue weighted by atomic mass is 15.3. The first kappa shape index (κ1) is 10.3. The van der Waals surface area contributed by atoms with Gasteiger partial charge >= 0.3 is 0 Å². The number of hydrogen-bond acceptors (Lipinski definition) is 3. The maximum absolute atomic E-state index is 4.64. The van der Waals surface area contributed by atoms with Gasteiger partial charge in [-0.05, 0) is 18.9 Å². The Morgan fingerprint density at radius 3 is 2.47 bits per heavy atom. The highest BCUT2D eigenvalue weighted by Crippen LogP contribution is 2.20. The third kappa shape index (κ3) is 2.13. The molecule has 17 heavy (non-hydrogen) atoms. The first-order valence-electron chi connectivity index (χ1n) is 6.07. The summed E-state index contributed by atoms with van der Waals surface area (Å²) in [7, 11) is 0. The molecule has 0 spiro atoms. The first-order chi connectivity index (χ1) is 8.43. The molecule has 0 radical (unpaired) electrons. The van der Waals surface area contributed by atoms with Crippen molar-refractivity contribution in [2.75, 3.05) is 18.0 Å². The Balaban J connectivity index is 1.94. The van der Waals surface area contributed by atoms with E-state index in [1.807, 2.05) is 30.5 Å². The average molecular weight is 225 g/mol. The van der Waals surface area contributed by atoms with Gasteiger partial charge in [0.2, 0.25) is 5.95 Å². The third-order valence-corrected chi connectivity index (χ3v) is 3.10. The fourth-order valence-electron chi connectivity index (χ4n) is 2.19. The molecule has 0 amide bonds. The molecule has 0 N–H and O–H groups in total. The summed E-state index contributed by atoms with van der Waals surface area (Å²) >= 11 is 0. The molecule has 0 aliphatic carbocycles. The number of rotatable bonds is 2.